The van der Waals surface area contributed by atoms with Crippen LogP contribution < -0.4 is 10.2 Å². The molecule has 130 valence electrons. The molecule has 0 atom stereocenters. The molecule has 1 aliphatic rings. The number of halogens is 2. The standard InChI is InChI=1S/C17H15F2N3OS2/c18-11-5-4-10(8-12(11)19)20-15(23)13-9-14-16(24-13)21-17(25-14)22-6-2-1-3-7-22/h4-5,8-9H,1-3,6-7H2,(H,20,23). The van der Waals surface area contributed by atoms with Gasteiger partial charge < -0.3 is 10.2 Å². The second-order valence-electron chi connectivity index (χ2n) is 5.91. The molecule has 3 aromatic rings. The Balaban J connectivity index is 1.51. The molecule has 4 nitrogen and oxygen atoms in total. The van der Waals surface area contributed by atoms with Gasteiger partial charge in [0.15, 0.2) is 16.8 Å². The van der Waals surface area contributed by atoms with Gasteiger partial charge in [-0.1, -0.05) is 11.3 Å². The van der Waals surface area contributed by atoms with Gasteiger partial charge in [0, 0.05) is 24.8 Å². The third-order valence-corrected chi connectivity index (χ3v) is 6.33. The number of rotatable bonds is 3. The van der Waals surface area contributed by atoms with Gasteiger partial charge in [0.25, 0.3) is 5.91 Å². The number of nitrogens with one attached hydrogen (secondary N) is 1. The van der Waals surface area contributed by atoms with Crippen LogP contribution >= 0.6 is 22.7 Å². The Morgan fingerprint density at radius 3 is 2.60 bits per heavy atom. The molecule has 25 heavy (non-hydrogen) atoms. The first-order valence-corrected chi connectivity index (χ1v) is 9.65. The Morgan fingerprint density at radius 1 is 1.08 bits per heavy atom. The van der Waals surface area contributed by atoms with E-state index in [1.165, 1.54) is 36.7 Å². The lowest BCUT2D eigenvalue weighted by Gasteiger charge is -2.25. The number of carbonyl (C=O) groups excluding carboxylic acids is 1. The lowest BCUT2D eigenvalue weighted by molar-refractivity contribution is 0.103. The normalized spacial score (nSPS) is 14.9. The number of carbonyl (C=O) groups is 1. The molecule has 0 spiro atoms. The number of hydrogen-bond acceptors (Lipinski definition) is 5. The van der Waals surface area contributed by atoms with Gasteiger partial charge in [-0.2, -0.15) is 0 Å². The van der Waals surface area contributed by atoms with E-state index >= 15 is 0 Å². The van der Waals surface area contributed by atoms with Crippen LogP contribution in [-0.2, 0) is 0 Å². The minimum atomic E-state index is -0.988. The van der Waals surface area contributed by atoms with E-state index in [2.05, 4.69) is 15.2 Å². The third kappa shape index (κ3) is 3.36. The molecule has 1 N–H and O–H groups in total. The van der Waals surface area contributed by atoms with Crippen molar-refractivity contribution in [1.82, 2.24) is 4.98 Å². The number of nitrogens with zero attached hydrogens (tertiary/aromatic N) is 2. The summed E-state index contributed by atoms with van der Waals surface area (Å²) >= 11 is 2.90. The number of anilines is 2. The summed E-state index contributed by atoms with van der Waals surface area (Å²) in [6, 6.07) is 5.10. The molecule has 8 heteroatoms. The van der Waals surface area contributed by atoms with E-state index in [4.69, 9.17) is 0 Å². The lowest BCUT2D eigenvalue weighted by atomic mass is 10.1. The molecule has 1 aromatic carbocycles. The van der Waals surface area contributed by atoms with Crippen molar-refractivity contribution in [2.24, 2.45) is 0 Å². The number of thiazole rings is 1. The summed E-state index contributed by atoms with van der Waals surface area (Å²) in [6.45, 7) is 2.06. The zero-order valence-corrected chi connectivity index (χ0v) is 14.9. The maximum absolute atomic E-state index is 13.2. The van der Waals surface area contributed by atoms with Gasteiger partial charge in [0.05, 0.1) is 9.58 Å². The van der Waals surface area contributed by atoms with Crippen LogP contribution in [0.5, 0.6) is 0 Å². The molecule has 0 unspecified atom stereocenters. The molecule has 3 heterocycles. The molecular formula is C17H15F2N3OS2. The first-order chi connectivity index (χ1) is 12.1. The Bertz CT molecular complexity index is 900. The van der Waals surface area contributed by atoms with Crippen molar-refractivity contribution in [1.29, 1.82) is 0 Å². The zero-order chi connectivity index (χ0) is 17.4. The Hall–Kier alpha value is -2.06. The van der Waals surface area contributed by atoms with E-state index in [9.17, 15) is 13.6 Å². The van der Waals surface area contributed by atoms with Gasteiger partial charge in [0.1, 0.15) is 4.83 Å². The molecule has 1 fully saturated rings. The largest absolute Gasteiger partial charge is 0.348 e. The summed E-state index contributed by atoms with van der Waals surface area (Å²) < 4.78 is 27.2. The van der Waals surface area contributed by atoms with Crippen LogP contribution in [0.2, 0.25) is 0 Å². The molecule has 0 saturated carbocycles. The van der Waals surface area contributed by atoms with E-state index < -0.39 is 11.6 Å². The van der Waals surface area contributed by atoms with Crippen molar-refractivity contribution in [3.63, 3.8) is 0 Å². The Morgan fingerprint density at radius 2 is 1.88 bits per heavy atom. The zero-order valence-electron chi connectivity index (χ0n) is 13.2. The van der Waals surface area contributed by atoms with Crippen LogP contribution in [0.15, 0.2) is 24.3 Å². The van der Waals surface area contributed by atoms with Gasteiger partial charge >= 0.3 is 0 Å². The van der Waals surface area contributed by atoms with Crippen molar-refractivity contribution >= 4 is 48.9 Å². The summed E-state index contributed by atoms with van der Waals surface area (Å²) in [7, 11) is 0. The first-order valence-electron chi connectivity index (χ1n) is 8.02. The number of amides is 1. The highest BCUT2D eigenvalue weighted by atomic mass is 32.1. The summed E-state index contributed by atoms with van der Waals surface area (Å²) in [4.78, 5) is 20.6. The summed E-state index contributed by atoms with van der Waals surface area (Å²) in [5.74, 6) is -2.28. The van der Waals surface area contributed by atoms with Crippen LogP contribution in [-0.4, -0.2) is 24.0 Å². The lowest BCUT2D eigenvalue weighted by Crippen LogP contribution is -2.29. The number of aromatic nitrogens is 1. The molecule has 1 aliphatic heterocycles. The molecule has 0 aliphatic carbocycles. The molecule has 4 rings (SSSR count). The summed E-state index contributed by atoms with van der Waals surface area (Å²) in [5.41, 5.74) is 0.225. The maximum atomic E-state index is 13.2. The van der Waals surface area contributed by atoms with Gasteiger partial charge in [-0.15, -0.1) is 11.3 Å². The second-order valence-corrected chi connectivity index (χ2v) is 7.95. The first kappa shape index (κ1) is 16.4. The molecule has 2 aromatic heterocycles. The molecular weight excluding hydrogens is 364 g/mol. The number of fused-ring (bicyclic) bond motifs is 1. The predicted molar refractivity (Wildman–Crippen MR) is 97.9 cm³/mol. The van der Waals surface area contributed by atoms with Crippen molar-refractivity contribution in [2.45, 2.75) is 19.3 Å². The van der Waals surface area contributed by atoms with Crippen molar-refractivity contribution in [3.8, 4) is 0 Å². The number of hydrogen-bond donors (Lipinski definition) is 1. The van der Waals surface area contributed by atoms with Crippen LogP contribution in [0.1, 0.15) is 28.9 Å². The second kappa shape index (κ2) is 6.68. The Labute approximate surface area is 151 Å². The highest BCUT2D eigenvalue weighted by molar-refractivity contribution is 7.29. The van der Waals surface area contributed by atoms with Crippen LogP contribution in [0, 0.1) is 11.6 Å². The number of piperidine rings is 1. The maximum Gasteiger partial charge on any atom is 0.265 e. The average Bonchev–Trinajstić information content (AvgIpc) is 3.18. The fraction of sp³-hybridized carbons (Fsp3) is 0.294. The average molecular weight is 379 g/mol. The van der Waals surface area contributed by atoms with Crippen LogP contribution in [0.25, 0.3) is 9.53 Å². The molecule has 1 saturated heterocycles. The third-order valence-electron chi connectivity index (χ3n) is 4.11. The number of benzene rings is 1. The van der Waals surface area contributed by atoms with Gasteiger partial charge in [0.2, 0.25) is 0 Å². The van der Waals surface area contributed by atoms with Gasteiger partial charge in [-0.25, -0.2) is 13.8 Å². The molecule has 0 bridgehead atoms. The van der Waals surface area contributed by atoms with E-state index in [0.717, 1.165) is 39.9 Å². The highest BCUT2D eigenvalue weighted by Gasteiger charge is 2.18. The van der Waals surface area contributed by atoms with Gasteiger partial charge in [-0.05, 0) is 37.5 Å². The Kier molecular flexibility index (Phi) is 4.39. The topological polar surface area (TPSA) is 45.2 Å². The minimum Gasteiger partial charge on any atom is -0.348 e. The van der Waals surface area contributed by atoms with Gasteiger partial charge in [-0.3, -0.25) is 4.79 Å². The molecule has 0 radical (unpaired) electrons. The van der Waals surface area contributed by atoms with Crippen LogP contribution in [0.4, 0.5) is 19.6 Å². The summed E-state index contributed by atoms with van der Waals surface area (Å²) in [5, 5.41) is 3.59. The SMILES string of the molecule is O=C(Nc1ccc(F)c(F)c1)c1cc2sc(N3CCCCC3)nc2s1. The fourth-order valence-corrected chi connectivity index (χ4v) is 4.98. The smallest absolute Gasteiger partial charge is 0.265 e. The highest BCUT2D eigenvalue weighted by Crippen LogP contribution is 2.35. The van der Waals surface area contributed by atoms with E-state index in [1.54, 1.807) is 17.4 Å². The molecule has 1 amide bonds. The van der Waals surface area contributed by atoms with E-state index in [-0.39, 0.29) is 11.6 Å². The van der Waals surface area contributed by atoms with Crippen molar-refractivity contribution < 1.29 is 13.6 Å². The predicted octanol–water partition coefficient (Wildman–Crippen LogP) is 4.88. The van der Waals surface area contributed by atoms with Crippen molar-refractivity contribution in [2.75, 3.05) is 23.3 Å². The quantitative estimate of drug-likeness (QED) is 0.706. The van der Waals surface area contributed by atoms with Crippen LogP contribution in [0.3, 0.4) is 0 Å². The minimum absolute atomic E-state index is 0.225. The van der Waals surface area contributed by atoms with E-state index in [1.807, 2.05) is 0 Å². The van der Waals surface area contributed by atoms with Crippen molar-refractivity contribution in [3.05, 3.63) is 40.8 Å². The van der Waals surface area contributed by atoms with E-state index in [0.29, 0.717) is 4.88 Å². The summed E-state index contributed by atoms with van der Waals surface area (Å²) in [6.07, 6.45) is 3.65. The fourth-order valence-electron chi connectivity index (χ4n) is 2.82. The monoisotopic (exact) mass is 379 g/mol. The number of thiophene rings is 1.